The van der Waals surface area contributed by atoms with Crippen LogP contribution in [0.2, 0.25) is 0 Å². The lowest BCUT2D eigenvalue weighted by Gasteiger charge is -2.44. The van der Waals surface area contributed by atoms with Crippen molar-refractivity contribution in [1.29, 1.82) is 0 Å². The van der Waals surface area contributed by atoms with Gasteiger partial charge in [0.05, 0.1) is 6.61 Å². The Kier molecular flexibility index (Phi) is 3.92. The van der Waals surface area contributed by atoms with E-state index >= 15 is 0 Å². The van der Waals surface area contributed by atoms with E-state index in [4.69, 9.17) is 0 Å². The number of anilines is 1. The Morgan fingerprint density at radius 3 is 2.45 bits per heavy atom. The lowest BCUT2D eigenvalue weighted by molar-refractivity contribution is 0.143. The van der Waals surface area contributed by atoms with Gasteiger partial charge in [-0.2, -0.15) is 0 Å². The molecule has 0 atom stereocenters. The smallest absolute Gasteiger partial charge is 0.225 e. The van der Waals surface area contributed by atoms with E-state index in [1.807, 2.05) is 6.92 Å². The molecular formula is C16H25N3O. The molecule has 2 aliphatic rings. The summed E-state index contributed by atoms with van der Waals surface area (Å²) in [6.45, 7) is 4.13. The van der Waals surface area contributed by atoms with Crippen molar-refractivity contribution in [2.75, 3.05) is 18.0 Å². The summed E-state index contributed by atoms with van der Waals surface area (Å²) < 4.78 is 0. The van der Waals surface area contributed by atoms with Crippen molar-refractivity contribution in [3.63, 3.8) is 0 Å². The van der Waals surface area contributed by atoms with E-state index in [0.717, 1.165) is 30.3 Å². The first-order chi connectivity index (χ1) is 9.72. The molecule has 1 saturated carbocycles. The van der Waals surface area contributed by atoms with E-state index in [1.165, 1.54) is 44.9 Å². The zero-order chi connectivity index (χ0) is 14.0. The zero-order valence-electron chi connectivity index (χ0n) is 12.4. The van der Waals surface area contributed by atoms with Gasteiger partial charge in [-0.15, -0.1) is 0 Å². The summed E-state index contributed by atoms with van der Waals surface area (Å²) in [5.74, 6) is 0.838. The predicted octanol–water partition coefficient (Wildman–Crippen LogP) is 2.83. The van der Waals surface area contributed by atoms with Gasteiger partial charge in [-0.1, -0.05) is 19.3 Å². The van der Waals surface area contributed by atoms with Gasteiger partial charge in [-0.05, 0) is 38.0 Å². The monoisotopic (exact) mass is 275 g/mol. The van der Waals surface area contributed by atoms with Crippen LogP contribution in [0.1, 0.15) is 56.2 Å². The maximum Gasteiger partial charge on any atom is 0.225 e. The van der Waals surface area contributed by atoms with Gasteiger partial charge in [-0.25, -0.2) is 9.97 Å². The molecule has 1 aromatic heterocycles. The largest absolute Gasteiger partial charge is 0.392 e. The van der Waals surface area contributed by atoms with Crippen molar-refractivity contribution in [2.24, 2.45) is 5.41 Å². The van der Waals surface area contributed by atoms with Gasteiger partial charge in [-0.3, -0.25) is 0 Å². The van der Waals surface area contributed by atoms with Gasteiger partial charge in [0, 0.05) is 30.5 Å². The summed E-state index contributed by atoms with van der Waals surface area (Å²) in [6.07, 6.45) is 11.4. The quantitative estimate of drug-likeness (QED) is 0.901. The van der Waals surface area contributed by atoms with Gasteiger partial charge in [0.1, 0.15) is 0 Å². The van der Waals surface area contributed by atoms with Crippen molar-refractivity contribution in [3.8, 4) is 0 Å². The predicted molar refractivity (Wildman–Crippen MR) is 79.7 cm³/mol. The molecule has 0 unspecified atom stereocenters. The highest BCUT2D eigenvalue weighted by molar-refractivity contribution is 5.33. The van der Waals surface area contributed by atoms with Gasteiger partial charge < -0.3 is 10.0 Å². The summed E-state index contributed by atoms with van der Waals surface area (Å²) in [4.78, 5) is 11.3. The van der Waals surface area contributed by atoms with Crippen LogP contribution in [-0.4, -0.2) is 28.2 Å². The maximum absolute atomic E-state index is 9.19. The fourth-order valence-electron chi connectivity index (χ4n) is 3.77. The van der Waals surface area contributed by atoms with E-state index in [1.54, 1.807) is 6.20 Å². The number of aliphatic hydroxyl groups excluding tert-OH is 1. The Bertz CT molecular complexity index is 459. The SMILES string of the molecule is Cc1nc(N2CCC3(CCCCC3)CC2)ncc1CO. The standard InChI is InChI=1S/C16H25N3O/c1-13-14(12-20)11-17-15(18-13)19-9-7-16(8-10-19)5-3-2-4-6-16/h11,20H,2-10,12H2,1H3. The number of hydrogen-bond donors (Lipinski definition) is 1. The fourth-order valence-corrected chi connectivity index (χ4v) is 3.77. The molecule has 0 amide bonds. The minimum atomic E-state index is 0.0230. The highest BCUT2D eigenvalue weighted by Gasteiger charge is 2.36. The minimum absolute atomic E-state index is 0.0230. The number of aromatic nitrogens is 2. The molecule has 4 heteroatoms. The van der Waals surface area contributed by atoms with Crippen LogP contribution in [0.4, 0.5) is 5.95 Å². The van der Waals surface area contributed by atoms with E-state index in [0.29, 0.717) is 5.41 Å². The Hall–Kier alpha value is -1.16. The molecule has 20 heavy (non-hydrogen) atoms. The van der Waals surface area contributed by atoms with E-state index in [-0.39, 0.29) is 6.61 Å². The molecule has 1 aromatic rings. The van der Waals surface area contributed by atoms with Crippen molar-refractivity contribution in [1.82, 2.24) is 9.97 Å². The summed E-state index contributed by atoms with van der Waals surface area (Å²) in [7, 11) is 0. The molecule has 0 bridgehead atoms. The van der Waals surface area contributed by atoms with Gasteiger partial charge in [0.2, 0.25) is 5.95 Å². The molecule has 2 fully saturated rings. The molecule has 3 rings (SSSR count). The second-order valence-corrected chi connectivity index (χ2v) is 6.49. The van der Waals surface area contributed by atoms with Crippen molar-refractivity contribution < 1.29 is 5.11 Å². The lowest BCUT2D eigenvalue weighted by Crippen LogP contribution is -2.41. The summed E-state index contributed by atoms with van der Waals surface area (Å²) in [6, 6.07) is 0. The molecular weight excluding hydrogens is 250 g/mol. The summed E-state index contributed by atoms with van der Waals surface area (Å²) in [5, 5.41) is 9.19. The number of piperidine rings is 1. The molecule has 0 radical (unpaired) electrons. The van der Waals surface area contributed by atoms with E-state index < -0.39 is 0 Å². The first kappa shape index (κ1) is 13.8. The van der Waals surface area contributed by atoms with Crippen molar-refractivity contribution >= 4 is 5.95 Å². The second-order valence-electron chi connectivity index (χ2n) is 6.49. The third kappa shape index (κ3) is 2.66. The van der Waals surface area contributed by atoms with Gasteiger partial charge >= 0.3 is 0 Å². The molecule has 1 saturated heterocycles. The maximum atomic E-state index is 9.19. The fraction of sp³-hybridized carbons (Fsp3) is 0.750. The van der Waals surface area contributed by atoms with E-state index in [9.17, 15) is 5.11 Å². The number of rotatable bonds is 2. The molecule has 4 nitrogen and oxygen atoms in total. The lowest BCUT2D eigenvalue weighted by atomic mass is 9.68. The molecule has 110 valence electrons. The van der Waals surface area contributed by atoms with Crippen LogP contribution < -0.4 is 4.90 Å². The normalized spacial score (nSPS) is 22.2. The number of hydrogen-bond acceptors (Lipinski definition) is 4. The van der Waals surface area contributed by atoms with Crippen LogP contribution >= 0.6 is 0 Å². The Labute approximate surface area is 121 Å². The van der Waals surface area contributed by atoms with E-state index in [2.05, 4.69) is 14.9 Å². The summed E-state index contributed by atoms with van der Waals surface area (Å²) in [5.41, 5.74) is 2.35. The second kappa shape index (κ2) is 5.68. The van der Waals surface area contributed by atoms with Crippen LogP contribution in [0.15, 0.2) is 6.20 Å². The number of aliphatic hydroxyl groups is 1. The number of nitrogens with zero attached hydrogens (tertiary/aromatic N) is 3. The van der Waals surface area contributed by atoms with Gasteiger partial charge in [0.25, 0.3) is 0 Å². The molecule has 1 aliphatic carbocycles. The molecule has 0 aromatic carbocycles. The van der Waals surface area contributed by atoms with Crippen LogP contribution in [0.5, 0.6) is 0 Å². The Balaban J connectivity index is 1.67. The van der Waals surface area contributed by atoms with Gasteiger partial charge in [0.15, 0.2) is 0 Å². The Morgan fingerprint density at radius 2 is 1.85 bits per heavy atom. The first-order valence-corrected chi connectivity index (χ1v) is 7.91. The zero-order valence-corrected chi connectivity index (χ0v) is 12.4. The third-order valence-electron chi connectivity index (χ3n) is 5.26. The average molecular weight is 275 g/mol. The van der Waals surface area contributed by atoms with Crippen LogP contribution in [0.3, 0.4) is 0 Å². The topological polar surface area (TPSA) is 49.2 Å². The van der Waals surface area contributed by atoms with Crippen LogP contribution in [0, 0.1) is 12.3 Å². The van der Waals surface area contributed by atoms with Crippen LogP contribution in [0.25, 0.3) is 0 Å². The highest BCUT2D eigenvalue weighted by atomic mass is 16.3. The number of aryl methyl sites for hydroxylation is 1. The molecule has 1 spiro atoms. The average Bonchev–Trinajstić information content (AvgIpc) is 2.49. The van der Waals surface area contributed by atoms with Crippen LogP contribution in [-0.2, 0) is 6.61 Å². The summed E-state index contributed by atoms with van der Waals surface area (Å²) >= 11 is 0. The Morgan fingerprint density at radius 1 is 1.15 bits per heavy atom. The molecule has 1 N–H and O–H groups in total. The minimum Gasteiger partial charge on any atom is -0.392 e. The van der Waals surface area contributed by atoms with Crippen molar-refractivity contribution in [2.45, 2.75) is 58.5 Å². The highest BCUT2D eigenvalue weighted by Crippen LogP contribution is 2.44. The first-order valence-electron chi connectivity index (χ1n) is 7.91. The van der Waals surface area contributed by atoms with Crippen molar-refractivity contribution in [3.05, 3.63) is 17.5 Å². The third-order valence-corrected chi connectivity index (χ3v) is 5.26. The molecule has 2 heterocycles. The molecule has 1 aliphatic heterocycles.